The van der Waals surface area contributed by atoms with Crippen LogP contribution < -0.4 is 17.0 Å². The van der Waals surface area contributed by atoms with Gasteiger partial charge in [-0.05, 0) is 6.92 Å². The Bertz CT molecular complexity index is 289. The summed E-state index contributed by atoms with van der Waals surface area (Å²) < 4.78 is 1.99. The van der Waals surface area contributed by atoms with Crippen molar-refractivity contribution in [3.05, 3.63) is 18.2 Å². The third-order valence-electron chi connectivity index (χ3n) is 1.69. The Morgan fingerprint density at radius 3 is 3.08 bits per heavy atom. The van der Waals surface area contributed by atoms with Gasteiger partial charge in [0, 0.05) is 18.9 Å². The van der Waals surface area contributed by atoms with Crippen LogP contribution in [0.25, 0.3) is 0 Å². The van der Waals surface area contributed by atoms with Gasteiger partial charge in [-0.1, -0.05) is 0 Å². The topological polar surface area (TPSA) is 94.2 Å². The van der Waals surface area contributed by atoms with Crippen LogP contribution in [0.3, 0.4) is 0 Å². The first-order valence-corrected chi connectivity index (χ1v) is 3.98. The van der Waals surface area contributed by atoms with E-state index in [1.807, 2.05) is 17.7 Å². The molecule has 1 aromatic rings. The van der Waals surface area contributed by atoms with Crippen LogP contribution in [0.15, 0.2) is 17.4 Å². The van der Waals surface area contributed by atoms with Gasteiger partial charge in [0.1, 0.15) is 5.82 Å². The molecule has 6 nitrogen and oxygen atoms in total. The van der Waals surface area contributed by atoms with Crippen molar-refractivity contribution in [2.75, 3.05) is 6.54 Å². The van der Waals surface area contributed by atoms with E-state index in [0.29, 0.717) is 6.54 Å². The minimum atomic E-state index is 0.248. The molecular weight excluding hydrogens is 168 g/mol. The molecule has 0 saturated carbocycles. The first-order valence-electron chi connectivity index (χ1n) is 3.98. The summed E-state index contributed by atoms with van der Waals surface area (Å²) in [5, 5.41) is 0. The molecule has 0 aliphatic carbocycles. The second-order valence-electron chi connectivity index (χ2n) is 2.58. The molecule has 0 fully saturated rings. The largest absolute Gasteiger partial charge is 0.369 e. The summed E-state index contributed by atoms with van der Waals surface area (Å²) in [4.78, 5) is 8.05. The van der Waals surface area contributed by atoms with Gasteiger partial charge >= 0.3 is 0 Å². The number of imidazole rings is 1. The van der Waals surface area contributed by atoms with Gasteiger partial charge in [0.25, 0.3) is 0 Å². The number of nitrogens with two attached hydrogens (primary N) is 2. The van der Waals surface area contributed by atoms with Crippen LogP contribution in [0, 0.1) is 6.92 Å². The predicted molar refractivity (Wildman–Crippen MR) is 50.8 cm³/mol. The summed E-state index contributed by atoms with van der Waals surface area (Å²) in [6.45, 7) is 3.29. The lowest BCUT2D eigenvalue weighted by atomic mass is 10.6. The maximum Gasteiger partial charge on any atom is 0.203 e. The first-order chi connectivity index (χ1) is 6.24. The average Bonchev–Trinajstić information content (AvgIpc) is 2.52. The number of guanidine groups is 1. The molecule has 1 heterocycles. The van der Waals surface area contributed by atoms with E-state index >= 15 is 0 Å². The van der Waals surface area contributed by atoms with E-state index in [4.69, 9.17) is 11.6 Å². The van der Waals surface area contributed by atoms with Gasteiger partial charge in [-0.2, -0.15) is 0 Å². The molecule has 0 unspecified atom stereocenters. The van der Waals surface area contributed by atoms with Crippen molar-refractivity contribution in [2.24, 2.45) is 16.6 Å². The van der Waals surface area contributed by atoms with Crippen LogP contribution in [0.4, 0.5) is 0 Å². The Kier molecular flexibility index (Phi) is 3.27. The first kappa shape index (κ1) is 9.53. The van der Waals surface area contributed by atoms with Crippen LogP contribution in [-0.4, -0.2) is 22.1 Å². The molecule has 0 aromatic carbocycles. The third kappa shape index (κ3) is 2.75. The molecule has 0 radical (unpaired) electrons. The van der Waals surface area contributed by atoms with Crippen LogP contribution >= 0.6 is 0 Å². The molecule has 13 heavy (non-hydrogen) atoms. The molecule has 0 spiro atoms. The number of hydrogen-bond acceptors (Lipinski definition) is 3. The molecule has 0 aliphatic heterocycles. The maximum atomic E-state index is 5.34. The number of hydrazine groups is 1. The van der Waals surface area contributed by atoms with Gasteiger partial charge in [0.15, 0.2) is 0 Å². The fraction of sp³-hybridized carbons (Fsp3) is 0.429. The normalized spacial score (nSPS) is 11.7. The Balaban J connectivity index is 2.40. The zero-order chi connectivity index (χ0) is 9.68. The number of nitrogens with zero attached hydrogens (tertiary/aromatic N) is 3. The molecule has 1 rings (SSSR count). The van der Waals surface area contributed by atoms with E-state index in [-0.39, 0.29) is 5.96 Å². The van der Waals surface area contributed by atoms with Crippen molar-refractivity contribution in [1.82, 2.24) is 15.0 Å². The van der Waals surface area contributed by atoms with Gasteiger partial charge in [0.05, 0.1) is 6.54 Å². The zero-order valence-corrected chi connectivity index (χ0v) is 7.57. The van der Waals surface area contributed by atoms with Crippen LogP contribution in [0.5, 0.6) is 0 Å². The highest BCUT2D eigenvalue weighted by molar-refractivity contribution is 5.76. The van der Waals surface area contributed by atoms with Crippen molar-refractivity contribution >= 4 is 5.96 Å². The number of nitrogens with one attached hydrogen (secondary N) is 1. The summed E-state index contributed by atoms with van der Waals surface area (Å²) >= 11 is 0. The molecule has 1 aromatic heterocycles. The minimum absolute atomic E-state index is 0.248. The van der Waals surface area contributed by atoms with Gasteiger partial charge in [-0.25, -0.2) is 10.8 Å². The Labute approximate surface area is 76.6 Å². The number of hydrogen-bond donors (Lipinski definition) is 3. The Hall–Kier alpha value is -1.56. The van der Waals surface area contributed by atoms with Gasteiger partial charge in [-0.3, -0.25) is 10.4 Å². The number of aliphatic imine (C=N–C) groups is 1. The Morgan fingerprint density at radius 1 is 1.77 bits per heavy atom. The summed E-state index contributed by atoms with van der Waals surface area (Å²) in [5.41, 5.74) is 7.60. The lowest BCUT2D eigenvalue weighted by Gasteiger charge is -2.02. The van der Waals surface area contributed by atoms with E-state index < -0.39 is 0 Å². The highest BCUT2D eigenvalue weighted by atomic mass is 15.3. The van der Waals surface area contributed by atoms with E-state index in [9.17, 15) is 0 Å². The number of aryl methyl sites for hydroxylation is 1. The lowest BCUT2D eigenvalue weighted by molar-refractivity contribution is 0.682. The van der Waals surface area contributed by atoms with Crippen molar-refractivity contribution in [2.45, 2.75) is 13.5 Å². The maximum absolute atomic E-state index is 5.34. The average molecular weight is 182 g/mol. The predicted octanol–water partition coefficient (Wildman–Crippen LogP) is -1.03. The quantitative estimate of drug-likeness (QED) is 0.241. The molecular formula is C7H14N6. The highest BCUT2D eigenvalue weighted by Gasteiger charge is 1.94. The molecule has 0 bridgehead atoms. The summed E-state index contributed by atoms with van der Waals surface area (Å²) in [6, 6.07) is 0. The molecule has 72 valence electrons. The minimum Gasteiger partial charge on any atom is -0.369 e. The van der Waals surface area contributed by atoms with Crippen LogP contribution in [-0.2, 0) is 6.54 Å². The molecule has 0 amide bonds. The standard InChI is InChI=1S/C7H14N6/c1-6-10-2-4-13(6)5-3-11-7(8)12-9/h2,4H,3,5,9H2,1H3,(H3,8,11,12). The highest BCUT2D eigenvalue weighted by Crippen LogP contribution is 1.94. The summed E-state index contributed by atoms with van der Waals surface area (Å²) in [7, 11) is 0. The van der Waals surface area contributed by atoms with Crippen molar-refractivity contribution in [3.63, 3.8) is 0 Å². The van der Waals surface area contributed by atoms with Crippen molar-refractivity contribution in [1.29, 1.82) is 0 Å². The SMILES string of the molecule is Cc1nccn1CCN=C(N)NN. The van der Waals surface area contributed by atoms with Gasteiger partial charge < -0.3 is 10.3 Å². The molecule has 5 N–H and O–H groups in total. The van der Waals surface area contributed by atoms with E-state index in [1.165, 1.54) is 0 Å². The third-order valence-corrected chi connectivity index (χ3v) is 1.69. The monoisotopic (exact) mass is 182 g/mol. The fourth-order valence-corrected chi connectivity index (χ4v) is 0.964. The van der Waals surface area contributed by atoms with Gasteiger partial charge in [0.2, 0.25) is 5.96 Å². The number of aromatic nitrogens is 2. The van der Waals surface area contributed by atoms with Crippen molar-refractivity contribution in [3.8, 4) is 0 Å². The van der Waals surface area contributed by atoms with Crippen LogP contribution in [0.2, 0.25) is 0 Å². The summed E-state index contributed by atoms with van der Waals surface area (Å²) in [5.74, 6) is 6.25. The summed E-state index contributed by atoms with van der Waals surface area (Å²) in [6.07, 6.45) is 3.65. The molecule has 0 atom stereocenters. The zero-order valence-electron chi connectivity index (χ0n) is 7.57. The van der Waals surface area contributed by atoms with Gasteiger partial charge in [-0.15, -0.1) is 0 Å². The second kappa shape index (κ2) is 4.46. The van der Waals surface area contributed by atoms with E-state index in [1.54, 1.807) is 6.20 Å². The van der Waals surface area contributed by atoms with E-state index in [0.717, 1.165) is 12.4 Å². The fourth-order valence-electron chi connectivity index (χ4n) is 0.964. The van der Waals surface area contributed by atoms with Crippen LogP contribution in [0.1, 0.15) is 5.82 Å². The Morgan fingerprint density at radius 2 is 2.54 bits per heavy atom. The molecule has 0 saturated heterocycles. The smallest absolute Gasteiger partial charge is 0.203 e. The molecule has 0 aliphatic rings. The second-order valence-corrected chi connectivity index (χ2v) is 2.58. The lowest BCUT2D eigenvalue weighted by Crippen LogP contribution is -2.37. The number of rotatable bonds is 3. The molecule has 6 heteroatoms. The van der Waals surface area contributed by atoms with Crippen molar-refractivity contribution < 1.29 is 0 Å². The van der Waals surface area contributed by atoms with E-state index in [2.05, 4.69) is 15.4 Å².